The molecule has 0 bridgehead atoms. The summed E-state index contributed by atoms with van der Waals surface area (Å²) < 4.78 is 36.8. The van der Waals surface area contributed by atoms with Crippen LogP contribution in [0.5, 0.6) is 0 Å². The van der Waals surface area contributed by atoms with E-state index in [0.717, 1.165) is 25.0 Å². The molecule has 0 saturated carbocycles. The van der Waals surface area contributed by atoms with Crippen molar-refractivity contribution in [2.24, 2.45) is 0 Å². The second-order valence-corrected chi connectivity index (χ2v) is 5.08. The highest BCUT2D eigenvalue weighted by Crippen LogP contribution is 2.25. The average Bonchev–Trinajstić information content (AvgIpc) is 2.33. The van der Waals surface area contributed by atoms with Gasteiger partial charge in [-0.3, -0.25) is 4.79 Å². The highest BCUT2D eigenvalue weighted by molar-refractivity contribution is 7.99. The maximum absolute atomic E-state index is 12.3. The van der Waals surface area contributed by atoms with Gasteiger partial charge >= 0.3 is 6.18 Å². The molecule has 1 nitrogen and oxygen atoms in total. The predicted molar refractivity (Wildman–Crippen MR) is 67.1 cm³/mol. The van der Waals surface area contributed by atoms with E-state index in [9.17, 15) is 18.0 Å². The number of carbonyl (C=O) groups excluding carboxylic acids is 1. The number of hydrogen-bond donors (Lipinski definition) is 0. The molecule has 0 spiro atoms. The monoisotopic (exact) mass is 276 g/mol. The van der Waals surface area contributed by atoms with Gasteiger partial charge in [0.2, 0.25) is 0 Å². The number of hydrogen-bond acceptors (Lipinski definition) is 2. The third kappa shape index (κ3) is 4.72. The molecule has 0 unspecified atom stereocenters. The Balaban J connectivity index is 2.65. The Morgan fingerprint density at radius 1 is 1.28 bits per heavy atom. The van der Waals surface area contributed by atoms with Gasteiger partial charge in [0.05, 0.1) is 0 Å². The number of benzene rings is 1. The van der Waals surface area contributed by atoms with Crippen molar-refractivity contribution in [1.82, 2.24) is 0 Å². The largest absolute Gasteiger partial charge is 0.454 e. The summed E-state index contributed by atoms with van der Waals surface area (Å²) in [6, 6.07) is 5.73. The summed E-state index contributed by atoms with van der Waals surface area (Å²) in [5, 5.41) is 0. The average molecular weight is 276 g/mol. The summed E-state index contributed by atoms with van der Waals surface area (Å²) in [6.07, 6.45) is -1.56. The Bertz CT molecular complexity index is 401. The molecule has 0 aliphatic rings. The van der Waals surface area contributed by atoms with Crippen LogP contribution in [0, 0.1) is 0 Å². The zero-order valence-corrected chi connectivity index (χ0v) is 10.9. The van der Waals surface area contributed by atoms with Crippen molar-refractivity contribution in [3.05, 3.63) is 29.8 Å². The summed E-state index contributed by atoms with van der Waals surface area (Å²) in [4.78, 5) is 11.8. The lowest BCUT2D eigenvalue weighted by molar-refractivity contribution is -0.0885. The molecule has 100 valence electrons. The zero-order valence-electron chi connectivity index (χ0n) is 10.1. The Hall–Kier alpha value is -0.970. The number of thioether (sulfide) groups is 1. The van der Waals surface area contributed by atoms with E-state index in [0.29, 0.717) is 4.90 Å². The van der Waals surface area contributed by atoms with Crippen molar-refractivity contribution in [3.8, 4) is 0 Å². The van der Waals surface area contributed by atoms with Gasteiger partial charge < -0.3 is 0 Å². The summed E-state index contributed by atoms with van der Waals surface area (Å²) in [7, 11) is 0. The second-order valence-electron chi connectivity index (χ2n) is 3.91. The molecule has 0 N–H and O–H groups in total. The van der Waals surface area contributed by atoms with Crippen LogP contribution in [-0.4, -0.2) is 17.7 Å². The van der Waals surface area contributed by atoms with Crippen molar-refractivity contribution in [2.45, 2.75) is 37.3 Å². The molecular formula is C13H15F3OS. The van der Waals surface area contributed by atoms with Crippen LogP contribution in [0.15, 0.2) is 29.2 Å². The maximum atomic E-state index is 12.3. The van der Waals surface area contributed by atoms with Crippen LogP contribution in [0.4, 0.5) is 13.2 Å². The van der Waals surface area contributed by atoms with E-state index in [2.05, 4.69) is 6.92 Å². The van der Waals surface area contributed by atoms with Gasteiger partial charge in [0.15, 0.2) is 0 Å². The molecule has 0 aromatic heterocycles. The minimum absolute atomic E-state index is 0.289. The van der Waals surface area contributed by atoms with E-state index >= 15 is 0 Å². The highest BCUT2D eigenvalue weighted by Gasteiger charge is 2.39. The molecule has 5 heteroatoms. The fourth-order valence-corrected chi connectivity index (χ4v) is 2.40. The third-order valence-electron chi connectivity index (χ3n) is 2.37. The first-order chi connectivity index (χ1) is 8.45. The minimum Gasteiger partial charge on any atom is -0.284 e. The number of carbonyl (C=O) groups is 1. The van der Waals surface area contributed by atoms with Crippen molar-refractivity contribution in [3.63, 3.8) is 0 Å². The molecule has 1 aromatic carbocycles. The van der Waals surface area contributed by atoms with Gasteiger partial charge in [-0.2, -0.15) is 13.2 Å². The Kier molecular flexibility index (Phi) is 5.72. The molecule has 1 aromatic rings. The van der Waals surface area contributed by atoms with Gasteiger partial charge in [-0.15, -0.1) is 11.8 Å². The second kappa shape index (κ2) is 6.83. The van der Waals surface area contributed by atoms with Gasteiger partial charge in [-0.25, -0.2) is 0 Å². The predicted octanol–water partition coefficient (Wildman–Crippen LogP) is 4.71. The summed E-state index contributed by atoms with van der Waals surface area (Å²) in [5.41, 5.74) is -0.289. The van der Waals surface area contributed by atoms with E-state index in [1.54, 1.807) is 6.07 Å². The van der Waals surface area contributed by atoms with Crippen LogP contribution in [0.1, 0.15) is 36.5 Å². The number of ketones is 1. The SMILES string of the molecule is CCCCCSc1cccc(C(=O)C(F)(F)F)c1. The smallest absolute Gasteiger partial charge is 0.284 e. The molecule has 1 rings (SSSR count). The molecule has 0 saturated heterocycles. The van der Waals surface area contributed by atoms with Gasteiger partial charge in [-0.05, 0) is 24.3 Å². The topological polar surface area (TPSA) is 17.1 Å². The fourth-order valence-electron chi connectivity index (χ4n) is 1.43. The Morgan fingerprint density at radius 2 is 2.00 bits per heavy atom. The summed E-state index contributed by atoms with van der Waals surface area (Å²) >= 11 is 1.48. The standard InChI is InChI=1S/C13H15F3OS/c1-2-3-4-8-18-11-7-5-6-10(9-11)12(17)13(14,15)16/h5-7,9H,2-4,8H2,1H3. The van der Waals surface area contributed by atoms with Crippen molar-refractivity contribution in [2.75, 3.05) is 5.75 Å². The number of rotatable bonds is 6. The van der Waals surface area contributed by atoms with Crippen LogP contribution >= 0.6 is 11.8 Å². The number of alkyl halides is 3. The zero-order chi connectivity index (χ0) is 13.6. The summed E-state index contributed by atoms with van der Waals surface area (Å²) in [6.45, 7) is 2.09. The quantitative estimate of drug-likeness (QED) is 0.425. The van der Waals surface area contributed by atoms with E-state index in [1.807, 2.05) is 0 Å². The van der Waals surface area contributed by atoms with Gasteiger partial charge in [0.25, 0.3) is 5.78 Å². The van der Waals surface area contributed by atoms with Crippen molar-refractivity contribution in [1.29, 1.82) is 0 Å². The molecule has 0 radical (unpaired) electrons. The normalized spacial score (nSPS) is 11.6. The van der Waals surface area contributed by atoms with Crippen LogP contribution in [-0.2, 0) is 0 Å². The Labute approximate surface area is 109 Å². The van der Waals surface area contributed by atoms with E-state index < -0.39 is 12.0 Å². The summed E-state index contributed by atoms with van der Waals surface area (Å²) in [5.74, 6) is -0.921. The minimum atomic E-state index is -4.80. The first kappa shape index (κ1) is 15.1. The van der Waals surface area contributed by atoms with Crippen LogP contribution in [0.3, 0.4) is 0 Å². The molecule has 0 atom stereocenters. The Morgan fingerprint density at radius 3 is 2.61 bits per heavy atom. The van der Waals surface area contributed by atoms with Gasteiger partial charge in [0, 0.05) is 10.5 Å². The van der Waals surface area contributed by atoms with E-state index in [-0.39, 0.29) is 5.56 Å². The lowest BCUT2D eigenvalue weighted by atomic mass is 10.1. The van der Waals surface area contributed by atoms with Crippen molar-refractivity contribution >= 4 is 17.5 Å². The lowest BCUT2D eigenvalue weighted by Crippen LogP contribution is -2.22. The number of Topliss-reactive ketones (excluding diaryl/α,β-unsaturated/α-hetero) is 1. The number of unbranched alkanes of at least 4 members (excludes halogenated alkanes) is 2. The molecule has 0 amide bonds. The van der Waals surface area contributed by atoms with Gasteiger partial charge in [0.1, 0.15) is 0 Å². The molecular weight excluding hydrogens is 261 g/mol. The van der Waals surface area contributed by atoms with Crippen LogP contribution < -0.4 is 0 Å². The highest BCUT2D eigenvalue weighted by atomic mass is 32.2. The third-order valence-corrected chi connectivity index (χ3v) is 3.45. The first-order valence-electron chi connectivity index (χ1n) is 5.79. The fraction of sp³-hybridized carbons (Fsp3) is 0.462. The number of halogens is 3. The molecule has 0 aliphatic carbocycles. The molecule has 0 fully saturated rings. The van der Waals surface area contributed by atoms with Gasteiger partial charge in [-0.1, -0.05) is 31.9 Å². The lowest BCUT2D eigenvalue weighted by Gasteiger charge is -2.07. The first-order valence-corrected chi connectivity index (χ1v) is 6.78. The maximum Gasteiger partial charge on any atom is 0.454 e. The molecule has 0 aliphatic heterocycles. The van der Waals surface area contributed by atoms with E-state index in [1.165, 1.54) is 30.0 Å². The molecule has 18 heavy (non-hydrogen) atoms. The van der Waals surface area contributed by atoms with E-state index in [4.69, 9.17) is 0 Å². The van der Waals surface area contributed by atoms with Crippen LogP contribution in [0.25, 0.3) is 0 Å². The molecule has 0 heterocycles. The van der Waals surface area contributed by atoms with Crippen molar-refractivity contribution < 1.29 is 18.0 Å². The van der Waals surface area contributed by atoms with Crippen LogP contribution in [0.2, 0.25) is 0 Å².